The SMILES string of the molecule is CCOC(=O)c1cnn2c(C)nnc2c1. The zero-order valence-electron chi connectivity index (χ0n) is 8.47. The van der Waals surface area contributed by atoms with E-state index in [-0.39, 0.29) is 0 Å². The fourth-order valence-electron chi connectivity index (χ4n) is 1.23. The third-order valence-corrected chi connectivity index (χ3v) is 1.93. The summed E-state index contributed by atoms with van der Waals surface area (Å²) < 4.78 is 6.41. The van der Waals surface area contributed by atoms with Crippen molar-refractivity contribution in [1.29, 1.82) is 0 Å². The standard InChI is InChI=1S/C9H10N4O2/c1-3-15-9(14)7-4-8-12-11-6(2)13(8)10-5-7/h4-5H,3H2,1-2H3. The molecule has 2 aromatic heterocycles. The molecule has 6 nitrogen and oxygen atoms in total. The minimum absolute atomic E-state index is 0.343. The molecule has 0 atom stereocenters. The van der Waals surface area contributed by atoms with Gasteiger partial charge in [-0.1, -0.05) is 0 Å². The van der Waals surface area contributed by atoms with E-state index in [1.165, 1.54) is 6.20 Å². The van der Waals surface area contributed by atoms with Crippen LogP contribution in [0.2, 0.25) is 0 Å². The van der Waals surface area contributed by atoms with Gasteiger partial charge in [0.25, 0.3) is 0 Å². The normalized spacial score (nSPS) is 10.5. The maximum Gasteiger partial charge on any atom is 0.339 e. The van der Waals surface area contributed by atoms with E-state index >= 15 is 0 Å². The van der Waals surface area contributed by atoms with Gasteiger partial charge in [0.1, 0.15) is 0 Å². The molecule has 0 spiro atoms. The molecule has 2 aromatic rings. The molecule has 0 fully saturated rings. The van der Waals surface area contributed by atoms with Gasteiger partial charge >= 0.3 is 5.97 Å². The molecule has 0 saturated carbocycles. The number of aryl methyl sites for hydroxylation is 1. The lowest BCUT2D eigenvalue weighted by Gasteiger charge is -2.00. The molecule has 0 aliphatic rings. The molecular formula is C9H10N4O2. The summed E-state index contributed by atoms with van der Waals surface area (Å²) in [4.78, 5) is 11.4. The highest BCUT2D eigenvalue weighted by atomic mass is 16.5. The van der Waals surface area contributed by atoms with E-state index in [9.17, 15) is 4.79 Å². The lowest BCUT2D eigenvalue weighted by molar-refractivity contribution is 0.0525. The van der Waals surface area contributed by atoms with Crippen LogP contribution in [0.25, 0.3) is 5.65 Å². The van der Waals surface area contributed by atoms with Gasteiger partial charge in [0.05, 0.1) is 18.4 Å². The van der Waals surface area contributed by atoms with Crippen LogP contribution in [0.3, 0.4) is 0 Å². The fourth-order valence-corrected chi connectivity index (χ4v) is 1.23. The summed E-state index contributed by atoms with van der Waals surface area (Å²) in [6.07, 6.45) is 1.45. The first-order valence-corrected chi connectivity index (χ1v) is 4.57. The maximum atomic E-state index is 11.4. The molecule has 0 unspecified atom stereocenters. The summed E-state index contributed by atoms with van der Waals surface area (Å²) in [7, 11) is 0. The Morgan fingerprint density at radius 2 is 2.33 bits per heavy atom. The highest BCUT2D eigenvalue weighted by Crippen LogP contribution is 2.05. The van der Waals surface area contributed by atoms with E-state index < -0.39 is 5.97 Å². The van der Waals surface area contributed by atoms with Crippen molar-refractivity contribution in [3.63, 3.8) is 0 Å². The molecule has 6 heteroatoms. The summed E-state index contributed by atoms with van der Waals surface area (Å²) in [5, 5.41) is 11.7. The molecule has 2 rings (SSSR count). The summed E-state index contributed by atoms with van der Waals surface area (Å²) in [6.45, 7) is 3.89. The van der Waals surface area contributed by atoms with Gasteiger partial charge in [-0.2, -0.15) is 9.61 Å². The molecular weight excluding hydrogens is 196 g/mol. The number of aromatic nitrogens is 4. The number of hydrogen-bond donors (Lipinski definition) is 0. The van der Waals surface area contributed by atoms with E-state index in [1.54, 1.807) is 24.4 Å². The Balaban J connectivity index is 2.43. The average molecular weight is 206 g/mol. The maximum absolute atomic E-state index is 11.4. The number of nitrogens with zero attached hydrogens (tertiary/aromatic N) is 4. The third-order valence-electron chi connectivity index (χ3n) is 1.93. The lowest BCUT2D eigenvalue weighted by atomic mass is 10.3. The Hall–Kier alpha value is -1.98. The Morgan fingerprint density at radius 3 is 3.07 bits per heavy atom. The Bertz CT molecular complexity index is 506. The van der Waals surface area contributed by atoms with E-state index in [2.05, 4.69) is 15.3 Å². The first-order chi connectivity index (χ1) is 7.22. The molecule has 0 N–H and O–H groups in total. The molecule has 0 bridgehead atoms. The third kappa shape index (κ3) is 1.65. The molecule has 15 heavy (non-hydrogen) atoms. The van der Waals surface area contributed by atoms with Crippen molar-refractivity contribution < 1.29 is 9.53 Å². The van der Waals surface area contributed by atoms with Crippen LogP contribution in [0.5, 0.6) is 0 Å². The van der Waals surface area contributed by atoms with Gasteiger partial charge in [-0.05, 0) is 13.8 Å². The van der Waals surface area contributed by atoms with Crippen LogP contribution < -0.4 is 0 Å². The zero-order chi connectivity index (χ0) is 10.8. The van der Waals surface area contributed by atoms with Gasteiger partial charge in [0, 0.05) is 6.07 Å². The van der Waals surface area contributed by atoms with Crippen LogP contribution in [0.1, 0.15) is 23.1 Å². The Morgan fingerprint density at radius 1 is 1.53 bits per heavy atom. The average Bonchev–Trinajstić information content (AvgIpc) is 2.60. The molecule has 78 valence electrons. The van der Waals surface area contributed by atoms with Crippen molar-refractivity contribution in [3.05, 3.63) is 23.7 Å². The van der Waals surface area contributed by atoms with Crippen LogP contribution in [0.4, 0.5) is 0 Å². The molecule has 2 heterocycles. The van der Waals surface area contributed by atoms with Crippen LogP contribution in [-0.2, 0) is 4.74 Å². The molecule has 0 radical (unpaired) electrons. The van der Waals surface area contributed by atoms with Crippen LogP contribution in [0, 0.1) is 6.92 Å². The van der Waals surface area contributed by atoms with Crippen LogP contribution in [-0.4, -0.2) is 32.4 Å². The molecule has 0 saturated heterocycles. The number of esters is 1. The van der Waals surface area contributed by atoms with Crippen molar-refractivity contribution >= 4 is 11.6 Å². The van der Waals surface area contributed by atoms with E-state index in [0.717, 1.165) is 0 Å². The largest absolute Gasteiger partial charge is 0.462 e. The zero-order valence-corrected chi connectivity index (χ0v) is 8.47. The van der Waals surface area contributed by atoms with E-state index in [0.29, 0.717) is 23.6 Å². The molecule has 0 amide bonds. The number of rotatable bonds is 2. The van der Waals surface area contributed by atoms with Crippen LogP contribution >= 0.6 is 0 Å². The second-order valence-electron chi connectivity index (χ2n) is 2.98. The summed E-state index contributed by atoms with van der Waals surface area (Å²) in [6, 6.07) is 1.60. The van der Waals surface area contributed by atoms with Crippen molar-refractivity contribution in [3.8, 4) is 0 Å². The van der Waals surface area contributed by atoms with Gasteiger partial charge in [-0.3, -0.25) is 0 Å². The van der Waals surface area contributed by atoms with Gasteiger partial charge in [0.2, 0.25) is 0 Å². The first kappa shape index (κ1) is 9.57. The Labute approximate surface area is 85.9 Å². The first-order valence-electron chi connectivity index (χ1n) is 4.57. The minimum Gasteiger partial charge on any atom is -0.462 e. The fraction of sp³-hybridized carbons (Fsp3) is 0.333. The van der Waals surface area contributed by atoms with Gasteiger partial charge in [-0.15, -0.1) is 10.2 Å². The highest BCUT2D eigenvalue weighted by molar-refractivity contribution is 5.89. The predicted molar refractivity (Wildman–Crippen MR) is 51.5 cm³/mol. The number of ether oxygens (including phenoxy) is 1. The van der Waals surface area contributed by atoms with Gasteiger partial charge in [-0.25, -0.2) is 4.79 Å². The Kier molecular flexibility index (Phi) is 2.32. The molecule has 0 aliphatic heterocycles. The monoisotopic (exact) mass is 206 g/mol. The lowest BCUT2D eigenvalue weighted by Crippen LogP contribution is -2.06. The van der Waals surface area contributed by atoms with E-state index in [1.807, 2.05) is 0 Å². The van der Waals surface area contributed by atoms with Crippen molar-refractivity contribution in [2.24, 2.45) is 0 Å². The number of carbonyl (C=O) groups is 1. The predicted octanol–water partition coefficient (Wildman–Crippen LogP) is 0.609. The number of carbonyl (C=O) groups excluding carboxylic acids is 1. The van der Waals surface area contributed by atoms with Gasteiger partial charge < -0.3 is 4.74 Å². The van der Waals surface area contributed by atoms with E-state index in [4.69, 9.17) is 4.74 Å². The second-order valence-corrected chi connectivity index (χ2v) is 2.98. The molecule has 0 aromatic carbocycles. The highest BCUT2D eigenvalue weighted by Gasteiger charge is 2.09. The summed E-state index contributed by atoms with van der Waals surface area (Å²) >= 11 is 0. The summed E-state index contributed by atoms with van der Waals surface area (Å²) in [5.74, 6) is 0.286. The topological polar surface area (TPSA) is 69.4 Å². The van der Waals surface area contributed by atoms with Crippen molar-refractivity contribution in [2.75, 3.05) is 6.61 Å². The number of hydrogen-bond acceptors (Lipinski definition) is 5. The number of fused-ring (bicyclic) bond motifs is 1. The van der Waals surface area contributed by atoms with Crippen molar-refractivity contribution in [1.82, 2.24) is 19.8 Å². The summed E-state index contributed by atoms with van der Waals surface area (Å²) in [5.41, 5.74) is 0.926. The van der Waals surface area contributed by atoms with Crippen LogP contribution in [0.15, 0.2) is 12.3 Å². The van der Waals surface area contributed by atoms with Crippen molar-refractivity contribution in [2.45, 2.75) is 13.8 Å². The quantitative estimate of drug-likeness (QED) is 0.673. The molecule has 0 aliphatic carbocycles. The van der Waals surface area contributed by atoms with Gasteiger partial charge in [0.15, 0.2) is 11.5 Å². The second kappa shape index (κ2) is 3.64. The minimum atomic E-state index is -0.395. The smallest absolute Gasteiger partial charge is 0.339 e.